The zero-order valence-electron chi connectivity index (χ0n) is 12.6. The average molecular weight is 276 g/mol. The lowest BCUT2D eigenvalue weighted by molar-refractivity contribution is 0.0123. The van der Waals surface area contributed by atoms with E-state index >= 15 is 0 Å². The second-order valence-corrected chi connectivity index (χ2v) is 6.63. The van der Waals surface area contributed by atoms with Crippen molar-refractivity contribution in [2.75, 3.05) is 0 Å². The number of ether oxygens (including phenoxy) is 2. The van der Waals surface area contributed by atoms with Gasteiger partial charge < -0.3 is 9.47 Å². The second-order valence-electron chi connectivity index (χ2n) is 6.63. The summed E-state index contributed by atoms with van der Waals surface area (Å²) in [5.74, 6) is 1.13. The van der Waals surface area contributed by atoms with Crippen LogP contribution < -0.4 is 4.74 Å². The molecule has 3 heteroatoms. The maximum absolute atomic E-state index is 11.8. The zero-order valence-corrected chi connectivity index (χ0v) is 12.6. The van der Waals surface area contributed by atoms with Gasteiger partial charge in [0.15, 0.2) is 0 Å². The highest BCUT2D eigenvalue weighted by molar-refractivity contribution is 5.63. The first-order chi connectivity index (χ1) is 9.45. The summed E-state index contributed by atoms with van der Waals surface area (Å²) in [5.41, 5.74) is 0.269. The molecule has 1 aliphatic carbocycles. The van der Waals surface area contributed by atoms with Crippen LogP contribution in [0.15, 0.2) is 30.3 Å². The molecule has 0 N–H and O–H groups in total. The topological polar surface area (TPSA) is 35.5 Å². The normalized spacial score (nSPS) is 23.1. The summed E-state index contributed by atoms with van der Waals surface area (Å²) in [7, 11) is 0. The summed E-state index contributed by atoms with van der Waals surface area (Å²) < 4.78 is 10.6. The van der Waals surface area contributed by atoms with Gasteiger partial charge in [-0.2, -0.15) is 0 Å². The third-order valence-corrected chi connectivity index (χ3v) is 4.06. The van der Waals surface area contributed by atoms with Crippen LogP contribution in [-0.2, 0) is 4.74 Å². The van der Waals surface area contributed by atoms with Gasteiger partial charge in [0, 0.05) is 0 Å². The molecule has 0 bridgehead atoms. The lowest BCUT2D eigenvalue weighted by Gasteiger charge is -2.37. The Morgan fingerprint density at radius 3 is 2.50 bits per heavy atom. The molecule has 2 unspecified atom stereocenters. The van der Waals surface area contributed by atoms with Crippen molar-refractivity contribution in [1.82, 2.24) is 0 Å². The molecule has 3 nitrogen and oxygen atoms in total. The number of hydrogen-bond acceptors (Lipinski definition) is 3. The Morgan fingerprint density at radius 1 is 1.15 bits per heavy atom. The standard InChI is InChI=1S/C17H24O3/c1-17(2,3)13-8-7-11-15(12-13)20-16(18)19-14-9-5-4-6-10-14/h4-6,9-10,13,15H,7-8,11-12H2,1-3H3. The Balaban J connectivity index is 1.85. The first-order valence-corrected chi connectivity index (χ1v) is 7.38. The van der Waals surface area contributed by atoms with Crippen molar-refractivity contribution in [3.8, 4) is 5.75 Å². The molecule has 1 fully saturated rings. The summed E-state index contributed by atoms with van der Waals surface area (Å²) >= 11 is 0. The second kappa shape index (κ2) is 6.29. The Hall–Kier alpha value is -1.51. The predicted octanol–water partition coefficient (Wildman–Crippen LogP) is 4.81. The first kappa shape index (κ1) is 14.9. The van der Waals surface area contributed by atoms with E-state index in [-0.39, 0.29) is 11.5 Å². The maximum Gasteiger partial charge on any atom is 0.514 e. The van der Waals surface area contributed by atoms with Gasteiger partial charge in [0.05, 0.1) is 0 Å². The molecule has 0 aromatic heterocycles. The quantitative estimate of drug-likeness (QED) is 0.574. The van der Waals surface area contributed by atoms with Gasteiger partial charge in [-0.25, -0.2) is 4.79 Å². The van der Waals surface area contributed by atoms with Crippen LogP contribution >= 0.6 is 0 Å². The minimum absolute atomic E-state index is 0.0100. The first-order valence-electron chi connectivity index (χ1n) is 7.38. The fourth-order valence-electron chi connectivity index (χ4n) is 2.78. The SMILES string of the molecule is CC(C)(C)C1CCCC(OC(=O)Oc2ccccc2)C1. The molecule has 0 amide bonds. The van der Waals surface area contributed by atoms with Crippen molar-refractivity contribution < 1.29 is 14.3 Å². The molecule has 20 heavy (non-hydrogen) atoms. The Morgan fingerprint density at radius 2 is 1.85 bits per heavy atom. The van der Waals surface area contributed by atoms with Gasteiger partial charge in [0.1, 0.15) is 11.9 Å². The third kappa shape index (κ3) is 4.26. The van der Waals surface area contributed by atoms with E-state index in [2.05, 4.69) is 20.8 Å². The summed E-state index contributed by atoms with van der Waals surface area (Å²) in [6.07, 6.45) is 3.62. The summed E-state index contributed by atoms with van der Waals surface area (Å²) in [4.78, 5) is 11.8. The van der Waals surface area contributed by atoms with E-state index in [0.29, 0.717) is 11.7 Å². The van der Waals surface area contributed by atoms with Crippen LogP contribution in [0, 0.1) is 11.3 Å². The highest BCUT2D eigenvalue weighted by Crippen LogP contribution is 2.38. The van der Waals surface area contributed by atoms with Crippen LogP contribution in [0.3, 0.4) is 0 Å². The molecule has 1 saturated carbocycles. The number of para-hydroxylation sites is 1. The fourth-order valence-corrected chi connectivity index (χ4v) is 2.78. The molecule has 0 aliphatic heterocycles. The van der Waals surface area contributed by atoms with Crippen LogP contribution in [0.1, 0.15) is 46.5 Å². The Labute approximate surface area is 121 Å². The van der Waals surface area contributed by atoms with Gasteiger partial charge in [-0.15, -0.1) is 0 Å². The molecule has 0 saturated heterocycles. The predicted molar refractivity (Wildman–Crippen MR) is 78.8 cm³/mol. The summed E-state index contributed by atoms with van der Waals surface area (Å²) in [6.45, 7) is 6.76. The highest BCUT2D eigenvalue weighted by atomic mass is 16.7. The van der Waals surface area contributed by atoms with E-state index in [9.17, 15) is 4.79 Å². The highest BCUT2D eigenvalue weighted by Gasteiger charge is 2.32. The van der Waals surface area contributed by atoms with E-state index in [0.717, 1.165) is 19.3 Å². The van der Waals surface area contributed by atoms with Crippen molar-refractivity contribution in [3.05, 3.63) is 30.3 Å². The average Bonchev–Trinajstić information content (AvgIpc) is 2.39. The molecule has 0 spiro atoms. The number of rotatable bonds is 2. The number of hydrogen-bond donors (Lipinski definition) is 0. The van der Waals surface area contributed by atoms with Crippen LogP contribution in [0.4, 0.5) is 4.79 Å². The van der Waals surface area contributed by atoms with Crippen molar-refractivity contribution in [2.45, 2.75) is 52.6 Å². The molecule has 0 radical (unpaired) electrons. The van der Waals surface area contributed by atoms with Crippen molar-refractivity contribution >= 4 is 6.16 Å². The van der Waals surface area contributed by atoms with Gasteiger partial charge in [0.2, 0.25) is 0 Å². The van der Waals surface area contributed by atoms with E-state index in [1.165, 1.54) is 6.42 Å². The van der Waals surface area contributed by atoms with Crippen LogP contribution in [0.25, 0.3) is 0 Å². The molecule has 0 heterocycles. The molecule has 1 aromatic rings. The summed E-state index contributed by atoms with van der Waals surface area (Å²) in [6, 6.07) is 9.05. The fraction of sp³-hybridized carbons (Fsp3) is 0.588. The van der Waals surface area contributed by atoms with Crippen molar-refractivity contribution in [3.63, 3.8) is 0 Å². The molecule has 110 valence electrons. The van der Waals surface area contributed by atoms with Crippen LogP contribution in [0.2, 0.25) is 0 Å². The van der Waals surface area contributed by atoms with Crippen molar-refractivity contribution in [1.29, 1.82) is 0 Å². The third-order valence-electron chi connectivity index (χ3n) is 4.06. The number of benzene rings is 1. The molecular weight excluding hydrogens is 252 g/mol. The zero-order chi connectivity index (χ0) is 14.6. The van der Waals surface area contributed by atoms with Crippen molar-refractivity contribution in [2.24, 2.45) is 11.3 Å². The van der Waals surface area contributed by atoms with Gasteiger partial charge in [-0.1, -0.05) is 39.0 Å². The Kier molecular flexibility index (Phi) is 4.69. The van der Waals surface area contributed by atoms with Gasteiger partial charge in [-0.3, -0.25) is 0 Å². The molecule has 2 rings (SSSR count). The van der Waals surface area contributed by atoms with Gasteiger partial charge in [-0.05, 0) is 49.1 Å². The smallest absolute Gasteiger partial charge is 0.431 e. The largest absolute Gasteiger partial charge is 0.514 e. The minimum Gasteiger partial charge on any atom is -0.431 e. The van der Waals surface area contributed by atoms with Gasteiger partial charge in [0.25, 0.3) is 0 Å². The summed E-state index contributed by atoms with van der Waals surface area (Å²) in [5, 5.41) is 0. The lowest BCUT2D eigenvalue weighted by Crippen LogP contribution is -2.32. The lowest BCUT2D eigenvalue weighted by atomic mass is 9.71. The van der Waals surface area contributed by atoms with Gasteiger partial charge >= 0.3 is 6.16 Å². The van der Waals surface area contributed by atoms with E-state index in [4.69, 9.17) is 9.47 Å². The van der Waals surface area contributed by atoms with E-state index < -0.39 is 6.16 Å². The maximum atomic E-state index is 11.8. The van der Waals surface area contributed by atoms with Crippen LogP contribution in [0.5, 0.6) is 5.75 Å². The molecular formula is C17H24O3. The van der Waals surface area contributed by atoms with Crippen LogP contribution in [-0.4, -0.2) is 12.3 Å². The molecule has 2 atom stereocenters. The minimum atomic E-state index is -0.587. The Bertz CT molecular complexity index is 433. The number of carbonyl (C=O) groups excluding carboxylic acids is 1. The molecule has 1 aliphatic rings. The van der Waals surface area contributed by atoms with E-state index in [1.807, 2.05) is 18.2 Å². The monoisotopic (exact) mass is 276 g/mol. The van der Waals surface area contributed by atoms with E-state index in [1.54, 1.807) is 12.1 Å². The molecule has 1 aromatic carbocycles. The number of carbonyl (C=O) groups is 1.